The van der Waals surface area contributed by atoms with Crippen molar-refractivity contribution in [2.75, 3.05) is 19.0 Å². The second kappa shape index (κ2) is 8.08. The van der Waals surface area contributed by atoms with Gasteiger partial charge in [0.1, 0.15) is 0 Å². The van der Waals surface area contributed by atoms with Crippen LogP contribution in [0.25, 0.3) is 0 Å². The lowest BCUT2D eigenvalue weighted by molar-refractivity contribution is -0.150. The Morgan fingerprint density at radius 2 is 2.21 bits per heavy atom. The number of carboxylic acid groups (broad SMARTS) is 1. The van der Waals surface area contributed by atoms with Crippen molar-refractivity contribution in [3.8, 4) is 0 Å². The molecule has 5 heteroatoms. The summed E-state index contributed by atoms with van der Waals surface area (Å²) < 4.78 is 5.04. The van der Waals surface area contributed by atoms with Gasteiger partial charge in [0.2, 0.25) is 0 Å². The molecule has 2 N–H and O–H groups in total. The van der Waals surface area contributed by atoms with E-state index in [1.807, 2.05) is 6.92 Å². The molecule has 0 fully saturated rings. The van der Waals surface area contributed by atoms with Crippen LogP contribution >= 0.6 is 11.8 Å². The third-order valence-corrected chi connectivity index (χ3v) is 2.87. The molecule has 0 rings (SSSR count). The van der Waals surface area contributed by atoms with E-state index >= 15 is 0 Å². The summed E-state index contributed by atoms with van der Waals surface area (Å²) in [5, 5.41) is 17.6. The highest BCUT2D eigenvalue weighted by Crippen LogP contribution is 2.13. The minimum atomic E-state index is -0.913. The largest absolute Gasteiger partial charge is 0.479 e. The Hall–Kier alpha value is -0.260. The Morgan fingerprint density at radius 1 is 1.57 bits per heavy atom. The number of hydrogen-bond donors (Lipinski definition) is 2. The van der Waals surface area contributed by atoms with Crippen LogP contribution in [0.15, 0.2) is 0 Å². The zero-order valence-corrected chi connectivity index (χ0v) is 9.42. The first-order chi connectivity index (χ1) is 6.61. The molecule has 2 unspecified atom stereocenters. The van der Waals surface area contributed by atoms with Crippen LogP contribution in [0, 0.1) is 0 Å². The van der Waals surface area contributed by atoms with Gasteiger partial charge < -0.3 is 14.9 Å². The molecule has 0 bridgehead atoms. The second-order valence-electron chi connectivity index (χ2n) is 2.93. The van der Waals surface area contributed by atoms with Crippen LogP contribution < -0.4 is 0 Å². The van der Waals surface area contributed by atoms with Gasteiger partial charge in [0.25, 0.3) is 0 Å². The third-order valence-electron chi connectivity index (χ3n) is 1.68. The predicted molar refractivity (Wildman–Crippen MR) is 56.7 cm³/mol. The number of aliphatic carboxylic acids is 1. The Kier molecular flexibility index (Phi) is 7.93. The molecule has 0 saturated carbocycles. The van der Waals surface area contributed by atoms with Crippen LogP contribution in [0.2, 0.25) is 0 Å². The number of thioether (sulfide) groups is 1. The van der Waals surface area contributed by atoms with Gasteiger partial charge in [-0.15, -0.1) is 0 Å². The van der Waals surface area contributed by atoms with Crippen LogP contribution in [-0.2, 0) is 9.53 Å². The maximum absolute atomic E-state index is 10.7. The van der Waals surface area contributed by atoms with Gasteiger partial charge in [0, 0.05) is 11.9 Å². The third kappa shape index (κ3) is 6.23. The van der Waals surface area contributed by atoms with Crippen molar-refractivity contribution < 1.29 is 19.7 Å². The smallest absolute Gasteiger partial charge is 0.332 e. The van der Waals surface area contributed by atoms with Gasteiger partial charge in [-0.1, -0.05) is 6.92 Å². The minimum absolute atomic E-state index is 0.122. The van der Waals surface area contributed by atoms with Gasteiger partial charge in [0.05, 0.1) is 6.61 Å². The number of aliphatic hydroxyl groups excluding tert-OH is 1. The highest BCUT2D eigenvalue weighted by Gasteiger charge is 2.17. The highest BCUT2D eigenvalue weighted by molar-refractivity contribution is 7.99. The van der Waals surface area contributed by atoms with Gasteiger partial charge in [0.15, 0.2) is 6.10 Å². The van der Waals surface area contributed by atoms with Crippen molar-refractivity contribution in [3.63, 3.8) is 0 Å². The molecule has 2 atom stereocenters. The van der Waals surface area contributed by atoms with Crippen LogP contribution in [0.1, 0.15) is 20.3 Å². The fourth-order valence-electron chi connectivity index (χ4n) is 0.908. The number of carboxylic acids is 1. The van der Waals surface area contributed by atoms with Crippen molar-refractivity contribution in [3.05, 3.63) is 0 Å². The Bertz CT molecular complexity index is 163. The SMILES string of the molecule is CCOC(CCSC(C)CO)C(=O)O. The normalized spacial score (nSPS) is 15.1. The van der Waals surface area contributed by atoms with Crippen LogP contribution in [0.3, 0.4) is 0 Å². The van der Waals surface area contributed by atoms with E-state index in [-0.39, 0.29) is 11.9 Å². The monoisotopic (exact) mass is 222 g/mol. The van der Waals surface area contributed by atoms with Gasteiger partial charge in [-0.05, 0) is 19.1 Å². The summed E-state index contributed by atoms with van der Waals surface area (Å²) in [5.74, 6) is -0.220. The van der Waals surface area contributed by atoms with E-state index in [2.05, 4.69) is 0 Å². The van der Waals surface area contributed by atoms with E-state index in [1.165, 1.54) is 0 Å². The Balaban J connectivity index is 3.66. The maximum Gasteiger partial charge on any atom is 0.332 e. The molecule has 14 heavy (non-hydrogen) atoms. The molecule has 0 spiro atoms. The summed E-state index contributed by atoms with van der Waals surface area (Å²) in [6, 6.07) is 0. The second-order valence-corrected chi connectivity index (χ2v) is 4.48. The molecule has 0 aliphatic heterocycles. The van der Waals surface area contributed by atoms with Crippen LogP contribution in [-0.4, -0.2) is 46.5 Å². The van der Waals surface area contributed by atoms with E-state index in [4.69, 9.17) is 14.9 Å². The number of carbonyl (C=O) groups is 1. The molecule has 0 aromatic heterocycles. The molecular formula is C9H18O4S. The first kappa shape index (κ1) is 13.7. The number of rotatable bonds is 8. The van der Waals surface area contributed by atoms with Crippen LogP contribution in [0.4, 0.5) is 0 Å². The maximum atomic E-state index is 10.7. The summed E-state index contributed by atoms with van der Waals surface area (Å²) in [5.41, 5.74) is 0. The zero-order valence-electron chi connectivity index (χ0n) is 8.60. The molecule has 4 nitrogen and oxygen atoms in total. The summed E-state index contributed by atoms with van der Waals surface area (Å²) in [4.78, 5) is 10.7. The number of hydrogen-bond acceptors (Lipinski definition) is 4. The van der Waals surface area contributed by atoms with Gasteiger partial charge in [-0.25, -0.2) is 4.79 Å². The predicted octanol–water partition coefficient (Wildman–Crippen LogP) is 0.980. The fourth-order valence-corrected chi connectivity index (χ4v) is 1.77. The molecule has 84 valence electrons. The van der Waals surface area contributed by atoms with Crippen molar-refractivity contribution in [1.29, 1.82) is 0 Å². The summed E-state index contributed by atoms with van der Waals surface area (Å²) in [7, 11) is 0. The number of aliphatic hydroxyl groups is 1. The highest BCUT2D eigenvalue weighted by atomic mass is 32.2. The molecular weight excluding hydrogens is 204 g/mol. The summed E-state index contributed by atoms with van der Waals surface area (Å²) >= 11 is 1.55. The standard InChI is InChI=1S/C9H18O4S/c1-3-13-8(9(11)12)4-5-14-7(2)6-10/h7-8,10H,3-6H2,1-2H3,(H,11,12). The average molecular weight is 222 g/mol. The molecule has 0 aliphatic rings. The topological polar surface area (TPSA) is 66.8 Å². The summed E-state index contributed by atoms with van der Waals surface area (Å²) in [6.07, 6.45) is -0.226. The van der Waals surface area contributed by atoms with E-state index in [9.17, 15) is 4.79 Å². The molecule has 0 aromatic rings. The fraction of sp³-hybridized carbons (Fsp3) is 0.889. The van der Waals surface area contributed by atoms with Gasteiger partial charge >= 0.3 is 5.97 Å². The molecule has 0 heterocycles. The molecule has 0 amide bonds. The lowest BCUT2D eigenvalue weighted by Gasteiger charge is -2.13. The molecule has 0 aromatic carbocycles. The lowest BCUT2D eigenvalue weighted by atomic mass is 10.3. The first-order valence-corrected chi connectivity index (χ1v) is 5.73. The van der Waals surface area contributed by atoms with E-state index in [0.29, 0.717) is 18.8 Å². The van der Waals surface area contributed by atoms with Crippen molar-refractivity contribution in [2.45, 2.75) is 31.6 Å². The quantitative estimate of drug-likeness (QED) is 0.641. The molecule has 0 saturated heterocycles. The zero-order chi connectivity index (χ0) is 11.0. The van der Waals surface area contributed by atoms with E-state index < -0.39 is 12.1 Å². The van der Waals surface area contributed by atoms with E-state index in [0.717, 1.165) is 0 Å². The van der Waals surface area contributed by atoms with Gasteiger partial charge in [-0.2, -0.15) is 11.8 Å². The van der Waals surface area contributed by atoms with Crippen molar-refractivity contribution >= 4 is 17.7 Å². The Labute approximate surface area is 88.6 Å². The van der Waals surface area contributed by atoms with E-state index in [1.54, 1.807) is 18.7 Å². The van der Waals surface area contributed by atoms with Gasteiger partial charge in [-0.3, -0.25) is 0 Å². The summed E-state index contributed by atoms with van der Waals surface area (Å²) in [6.45, 7) is 4.22. The van der Waals surface area contributed by atoms with Crippen molar-refractivity contribution in [2.24, 2.45) is 0 Å². The molecule has 0 radical (unpaired) electrons. The minimum Gasteiger partial charge on any atom is -0.479 e. The Morgan fingerprint density at radius 3 is 2.64 bits per heavy atom. The lowest BCUT2D eigenvalue weighted by Crippen LogP contribution is -2.24. The average Bonchev–Trinajstić information content (AvgIpc) is 2.16. The van der Waals surface area contributed by atoms with Crippen molar-refractivity contribution in [1.82, 2.24) is 0 Å². The van der Waals surface area contributed by atoms with Crippen LogP contribution in [0.5, 0.6) is 0 Å². The number of ether oxygens (including phenoxy) is 1. The molecule has 0 aliphatic carbocycles. The first-order valence-electron chi connectivity index (χ1n) is 4.68.